The number of nitrogens with zero attached hydrogens (tertiary/aromatic N) is 4. The predicted octanol–water partition coefficient (Wildman–Crippen LogP) is 1.72. The molecule has 4 rings (SSSR count). The highest BCUT2D eigenvalue weighted by Crippen LogP contribution is 2.36. The van der Waals surface area contributed by atoms with E-state index in [9.17, 15) is 14.9 Å². The zero-order valence-corrected chi connectivity index (χ0v) is 13.3. The van der Waals surface area contributed by atoms with Crippen LogP contribution in [-0.4, -0.2) is 26.3 Å². The minimum absolute atomic E-state index is 0.142. The maximum absolute atomic E-state index is 12.0. The highest BCUT2D eigenvalue weighted by molar-refractivity contribution is 7.15. The minimum atomic E-state index is -0.664. The third-order valence-electron chi connectivity index (χ3n) is 4.24. The average molecular weight is 343 g/mol. The van der Waals surface area contributed by atoms with Crippen molar-refractivity contribution < 1.29 is 9.72 Å². The number of amides is 1. The van der Waals surface area contributed by atoms with Gasteiger partial charge in [-0.1, -0.05) is 35.6 Å². The highest BCUT2D eigenvalue weighted by Gasteiger charge is 2.37. The van der Waals surface area contributed by atoms with Crippen LogP contribution in [0.4, 0.5) is 11.6 Å². The molecule has 24 heavy (non-hydrogen) atoms. The first-order valence-corrected chi connectivity index (χ1v) is 8.17. The van der Waals surface area contributed by atoms with Crippen molar-refractivity contribution in [1.29, 1.82) is 0 Å². The summed E-state index contributed by atoms with van der Waals surface area (Å²) in [6.45, 7) is 0.357. The number of benzene rings is 1. The number of fused-ring (bicyclic) bond motifs is 2. The number of thiazole rings is 1. The first-order chi connectivity index (χ1) is 11.6. The molecule has 0 unspecified atom stereocenters. The van der Waals surface area contributed by atoms with Crippen LogP contribution in [0.25, 0.3) is 4.96 Å². The third-order valence-corrected chi connectivity index (χ3v) is 5.00. The second-order valence-electron chi connectivity index (χ2n) is 5.59. The van der Waals surface area contributed by atoms with Gasteiger partial charge in [0.25, 0.3) is 4.96 Å². The fourth-order valence-corrected chi connectivity index (χ4v) is 3.83. The van der Waals surface area contributed by atoms with E-state index in [2.05, 4.69) is 4.98 Å². The molecule has 0 radical (unpaired) electrons. The van der Waals surface area contributed by atoms with Gasteiger partial charge in [0, 0.05) is 18.3 Å². The normalized spacial score (nSPS) is 17.0. The summed E-state index contributed by atoms with van der Waals surface area (Å²) in [4.78, 5) is 29.6. The average Bonchev–Trinajstić information content (AvgIpc) is 3.13. The third kappa shape index (κ3) is 2.13. The molecule has 8 nitrogen and oxygen atoms in total. The van der Waals surface area contributed by atoms with Crippen LogP contribution in [0.1, 0.15) is 11.1 Å². The molecule has 122 valence electrons. The summed E-state index contributed by atoms with van der Waals surface area (Å²) < 4.78 is 1.43. The Balaban J connectivity index is 1.88. The van der Waals surface area contributed by atoms with Gasteiger partial charge < -0.3 is 20.7 Å². The minimum Gasteiger partial charge on any atom is -0.368 e. The van der Waals surface area contributed by atoms with E-state index in [-0.39, 0.29) is 11.6 Å². The molecule has 2 aromatic heterocycles. The smallest absolute Gasteiger partial charge is 0.368 e. The summed E-state index contributed by atoms with van der Waals surface area (Å²) in [7, 11) is 0. The number of nitrogens with two attached hydrogens (primary N) is 1. The van der Waals surface area contributed by atoms with E-state index in [1.54, 1.807) is 16.5 Å². The van der Waals surface area contributed by atoms with Gasteiger partial charge in [-0.25, -0.2) is 0 Å². The van der Waals surface area contributed by atoms with Crippen LogP contribution >= 0.6 is 11.3 Å². The lowest BCUT2D eigenvalue weighted by molar-refractivity contribution is -0.389. The molecule has 0 bridgehead atoms. The van der Waals surface area contributed by atoms with Gasteiger partial charge in [-0.3, -0.25) is 4.79 Å². The van der Waals surface area contributed by atoms with Crippen LogP contribution in [0.3, 0.4) is 0 Å². The molecule has 9 heteroatoms. The lowest BCUT2D eigenvalue weighted by atomic mass is 9.93. The molecule has 2 N–H and O–H groups in total. The Morgan fingerprint density at radius 3 is 2.83 bits per heavy atom. The Hall–Kier alpha value is -2.94. The lowest BCUT2D eigenvalue weighted by Gasteiger charge is -2.34. The first-order valence-electron chi connectivity index (χ1n) is 7.29. The second kappa shape index (κ2) is 5.31. The number of hydrogen-bond donors (Lipinski definition) is 1. The Bertz CT molecular complexity index is 963. The lowest BCUT2D eigenvalue weighted by Crippen LogP contribution is -2.49. The number of carbonyl (C=O) groups excluding carboxylic acids is 1. The molecule has 0 saturated heterocycles. The van der Waals surface area contributed by atoms with Gasteiger partial charge in [-0.05, 0) is 16.1 Å². The maximum atomic E-state index is 12.0. The SMILES string of the molecule is NC(=O)[C@@H]1Cc2ccccc2CN1c1nc2sccn2c1[N+](=O)[O-]. The maximum Gasteiger partial charge on any atom is 0.373 e. The van der Waals surface area contributed by atoms with Crippen molar-refractivity contribution in [2.75, 3.05) is 4.90 Å². The van der Waals surface area contributed by atoms with Crippen molar-refractivity contribution in [2.24, 2.45) is 5.73 Å². The summed E-state index contributed by atoms with van der Waals surface area (Å²) in [6.07, 6.45) is 2.01. The summed E-state index contributed by atoms with van der Waals surface area (Å²) >= 11 is 1.30. The van der Waals surface area contributed by atoms with Gasteiger partial charge in [-0.15, -0.1) is 0 Å². The number of aromatic nitrogens is 2. The number of imidazole rings is 1. The van der Waals surface area contributed by atoms with Crippen molar-refractivity contribution in [3.05, 3.63) is 57.1 Å². The fourth-order valence-electron chi connectivity index (χ4n) is 3.12. The Morgan fingerprint density at radius 1 is 1.38 bits per heavy atom. The topological polar surface area (TPSA) is 107 Å². The van der Waals surface area contributed by atoms with Gasteiger partial charge in [0.1, 0.15) is 12.2 Å². The molecule has 0 spiro atoms. The van der Waals surface area contributed by atoms with E-state index >= 15 is 0 Å². The van der Waals surface area contributed by atoms with Crippen LogP contribution in [0.2, 0.25) is 0 Å². The van der Waals surface area contributed by atoms with Crippen LogP contribution < -0.4 is 10.6 Å². The molecule has 0 aliphatic carbocycles. The molecule has 1 aromatic carbocycles. The van der Waals surface area contributed by atoms with Crippen molar-refractivity contribution in [2.45, 2.75) is 19.0 Å². The number of rotatable bonds is 3. The second-order valence-corrected chi connectivity index (χ2v) is 6.46. The molecule has 1 aliphatic rings. The van der Waals surface area contributed by atoms with Crippen LogP contribution in [0.15, 0.2) is 35.8 Å². The molecular weight excluding hydrogens is 330 g/mol. The van der Waals surface area contributed by atoms with Gasteiger partial charge in [-0.2, -0.15) is 9.38 Å². The van der Waals surface area contributed by atoms with E-state index in [0.717, 1.165) is 11.1 Å². The van der Waals surface area contributed by atoms with Crippen LogP contribution in [0, 0.1) is 10.1 Å². The Morgan fingerprint density at radius 2 is 2.12 bits per heavy atom. The van der Waals surface area contributed by atoms with Crippen LogP contribution in [0.5, 0.6) is 0 Å². The van der Waals surface area contributed by atoms with Gasteiger partial charge in [0.2, 0.25) is 11.7 Å². The number of hydrogen-bond acceptors (Lipinski definition) is 6. The molecular formula is C15H13N5O3S. The van der Waals surface area contributed by atoms with E-state index in [0.29, 0.717) is 17.9 Å². The van der Waals surface area contributed by atoms with Crippen molar-refractivity contribution >= 4 is 33.8 Å². The van der Waals surface area contributed by atoms with Gasteiger partial charge >= 0.3 is 5.82 Å². The zero-order valence-electron chi connectivity index (χ0n) is 12.5. The largest absolute Gasteiger partial charge is 0.373 e. The molecule has 1 atom stereocenters. The summed E-state index contributed by atoms with van der Waals surface area (Å²) in [6, 6.07) is 7.04. The van der Waals surface area contributed by atoms with Crippen molar-refractivity contribution in [1.82, 2.24) is 9.38 Å². The standard InChI is InChI=1S/C15H13N5O3S/c16-12(21)11-7-9-3-1-2-4-10(9)8-19(11)13-14(20(22)23)18-5-6-24-15(18)17-13/h1-6,11H,7-8H2,(H2,16,21)/t11-/m0/s1. The first kappa shape index (κ1) is 14.6. The zero-order chi connectivity index (χ0) is 16.8. The van der Waals surface area contributed by atoms with Gasteiger partial charge in [0.15, 0.2) is 0 Å². The number of nitro groups is 1. The molecule has 1 aliphatic heterocycles. The summed E-state index contributed by atoms with van der Waals surface area (Å²) in [5.41, 5.74) is 7.61. The van der Waals surface area contributed by atoms with E-state index in [1.807, 2.05) is 24.3 Å². The van der Waals surface area contributed by atoms with E-state index in [4.69, 9.17) is 5.73 Å². The molecule has 0 saturated carbocycles. The number of anilines is 1. The highest BCUT2D eigenvalue weighted by atomic mass is 32.1. The molecule has 3 aromatic rings. The quantitative estimate of drug-likeness (QED) is 0.575. The van der Waals surface area contributed by atoms with Crippen molar-refractivity contribution in [3.63, 3.8) is 0 Å². The Kier molecular flexibility index (Phi) is 3.24. The predicted molar refractivity (Wildman–Crippen MR) is 89.0 cm³/mol. The van der Waals surface area contributed by atoms with E-state index < -0.39 is 16.9 Å². The Labute approximate surface area is 140 Å². The molecule has 0 fully saturated rings. The monoisotopic (exact) mass is 343 g/mol. The number of carbonyl (C=O) groups is 1. The summed E-state index contributed by atoms with van der Waals surface area (Å²) in [5, 5.41) is 13.3. The number of primary amides is 1. The van der Waals surface area contributed by atoms with Crippen molar-refractivity contribution in [3.8, 4) is 0 Å². The summed E-state index contributed by atoms with van der Waals surface area (Å²) in [5.74, 6) is -0.475. The van der Waals surface area contributed by atoms with Gasteiger partial charge in [0.05, 0.1) is 0 Å². The molecule has 3 heterocycles. The fraction of sp³-hybridized carbons (Fsp3) is 0.200. The van der Waals surface area contributed by atoms with Crippen LogP contribution in [-0.2, 0) is 17.8 Å². The molecule has 1 amide bonds. The van der Waals surface area contributed by atoms with E-state index in [1.165, 1.54) is 15.7 Å².